The molecular formula is C15H21N3O3. The molecule has 2 heterocycles. The van der Waals surface area contributed by atoms with Crippen LogP contribution in [0.25, 0.3) is 0 Å². The summed E-state index contributed by atoms with van der Waals surface area (Å²) in [5.74, 6) is 0.308. The fourth-order valence-corrected chi connectivity index (χ4v) is 3.83. The van der Waals surface area contributed by atoms with E-state index in [0.717, 1.165) is 31.4 Å². The number of piperidine rings is 2. The Morgan fingerprint density at radius 2 is 2.00 bits per heavy atom. The van der Waals surface area contributed by atoms with E-state index >= 15 is 0 Å². The van der Waals surface area contributed by atoms with Gasteiger partial charge >= 0.3 is 5.69 Å². The molecule has 21 heavy (non-hydrogen) atoms. The first-order valence-corrected chi connectivity index (χ1v) is 7.46. The van der Waals surface area contributed by atoms with Crippen molar-refractivity contribution in [1.29, 1.82) is 0 Å². The van der Waals surface area contributed by atoms with Gasteiger partial charge in [-0.3, -0.25) is 10.1 Å². The fraction of sp³-hybridized carbons (Fsp3) is 0.600. The Morgan fingerprint density at radius 1 is 1.33 bits per heavy atom. The van der Waals surface area contributed by atoms with E-state index in [1.54, 1.807) is 12.1 Å². The number of ether oxygens (including phenoxy) is 1. The third-order valence-electron chi connectivity index (χ3n) is 4.67. The van der Waals surface area contributed by atoms with E-state index in [4.69, 9.17) is 10.5 Å². The Hall–Kier alpha value is -1.82. The van der Waals surface area contributed by atoms with Gasteiger partial charge in [-0.2, -0.15) is 0 Å². The highest BCUT2D eigenvalue weighted by Crippen LogP contribution is 2.40. The standard InChI is InChI=1S/C15H21N3O3/c1-21-15-6-5-13(9-14(15)18(19)20)17-11-3-2-4-12(17)8-10(16)7-11/h5-6,9-12H,2-4,7-8,16H2,1H3. The van der Waals surface area contributed by atoms with Gasteiger partial charge in [-0.15, -0.1) is 0 Å². The average molecular weight is 291 g/mol. The summed E-state index contributed by atoms with van der Waals surface area (Å²) in [6, 6.07) is 6.32. The van der Waals surface area contributed by atoms with Gasteiger partial charge in [-0.25, -0.2) is 0 Å². The van der Waals surface area contributed by atoms with Gasteiger partial charge in [0, 0.05) is 29.9 Å². The van der Waals surface area contributed by atoms with Crippen molar-refractivity contribution in [1.82, 2.24) is 0 Å². The number of nitro groups is 1. The van der Waals surface area contributed by atoms with Crippen molar-refractivity contribution < 1.29 is 9.66 Å². The van der Waals surface area contributed by atoms with Crippen molar-refractivity contribution in [3.63, 3.8) is 0 Å². The Kier molecular flexibility index (Phi) is 3.71. The molecule has 114 valence electrons. The maximum Gasteiger partial charge on any atom is 0.312 e. The molecule has 0 saturated carbocycles. The minimum Gasteiger partial charge on any atom is -0.490 e. The number of methoxy groups -OCH3 is 1. The summed E-state index contributed by atoms with van der Waals surface area (Å²) in [5, 5.41) is 11.2. The summed E-state index contributed by atoms with van der Waals surface area (Å²) in [5.41, 5.74) is 7.09. The second-order valence-corrected chi connectivity index (χ2v) is 5.99. The van der Waals surface area contributed by atoms with Crippen molar-refractivity contribution in [3.8, 4) is 5.75 Å². The molecule has 3 rings (SSSR count). The van der Waals surface area contributed by atoms with Crippen molar-refractivity contribution >= 4 is 11.4 Å². The van der Waals surface area contributed by atoms with Gasteiger partial charge in [0.25, 0.3) is 0 Å². The topological polar surface area (TPSA) is 81.6 Å². The van der Waals surface area contributed by atoms with Gasteiger partial charge in [0.1, 0.15) is 0 Å². The third-order valence-corrected chi connectivity index (χ3v) is 4.67. The molecule has 2 saturated heterocycles. The highest BCUT2D eigenvalue weighted by Gasteiger charge is 2.37. The van der Waals surface area contributed by atoms with Crippen LogP contribution in [0, 0.1) is 10.1 Å². The molecule has 0 radical (unpaired) electrons. The van der Waals surface area contributed by atoms with Crippen LogP contribution in [-0.4, -0.2) is 30.2 Å². The maximum absolute atomic E-state index is 11.2. The molecule has 2 aliphatic heterocycles. The Bertz CT molecular complexity index is 535. The lowest BCUT2D eigenvalue weighted by atomic mass is 9.81. The third kappa shape index (κ3) is 2.55. The lowest BCUT2D eigenvalue weighted by Gasteiger charge is -2.49. The predicted octanol–water partition coefficient (Wildman–Crippen LogP) is 2.45. The highest BCUT2D eigenvalue weighted by atomic mass is 16.6. The molecule has 0 aliphatic carbocycles. The largest absolute Gasteiger partial charge is 0.490 e. The number of nitro benzene ring substituents is 1. The molecule has 0 spiro atoms. The van der Waals surface area contributed by atoms with Crippen LogP contribution in [0.4, 0.5) is 11.4 Å². The van der Waals surface area contributed by atoms with E-state index in [1.807, 2.05) is 6.07 Å². The monoisotopic (exact) mass is 291 g/mol. The number of fused-ring (bicyclic) bond motifs is 2. The number of hydrogen-bond acceptors (Lipinski definition) is 5. The summed E-state index contributed by atoms with van der Waals surface area (Å²) >= 11 is 0. The van der Waals surface area contributed by atoms with Gasteiger partial charge in [-0.05, 0) is 44.2 Å². The molecule has 2 fully saturated rings. The first-order valence-electron chi connectivity index (χ1n) is 7.46. The second kappa shape index (κ2) is 5.52. The van der Waals surface area contributed by atoms with Crippen LogP contribution in [0.15, 0.2) is 18.2 Å². The zero-order valence-electron chi connectivity index (χ0n) is 12.2. The highest BCUT2D eigenvalue weighted by molar-refractivity contribution is 5.61. The van der Waals surface area contributed by atoms with E-state index in [2.05, 4.69) is 4.90 Å². The van der Waals surface area contributed by atoms with Crippen molar-refractivity contribution in [2.45, 2.75) is 50.2 Å². The Balaban J connectivity index is 1.96. The van der Waals surface area contributed by atoms with Crippen LogP contribution in [0.3, 0.4) is 0 Å². The molecule has 1 aromatic rings. The van der Waals surface area contributed by atoms with E-state index in [0.29, 0.717) is 17.8 Å². The summed E-state index contributed by atoms with van der Waals surface area (Å²) in [4.78, 5) is 13.2. The number of rotatable bonds is 3. The molecule has 2 atom stereocenters. The number of hydrogen-bond donors (Lipinski definition) is 1. The minimum absolute atomic E-state index is 0.0305. The van der Waals surface area contributed by atoms with Gasteiger partial charge in [0.15, 0.2) is 5.75 Å². The smallest absolute Gasteiger partial charge is 0.312 e. The van der Waals surface area contributed by atoms with Gasteiger partial charge in [0.05, 0.1) is 12.0 Å². The van der Waals surface area contributed by atoms with Crippen LogP contribution in [0.2, 0.25) is 0 Å². The average Bonchev–Trinajstić information content (AvgIpc) is 2.45. The Morgan fingerprint density at radius 3 is 2.57 bits per heavy atom. The van der Waals surface area contributed by atoms with Crippen molar-refractivity contribution in [3.05, 3.63) is 28.3 Å². The quantitative estimate of drug-likeness (QED) is 0.683. The van der Waals surface area contributed by atoms with E-state index in [-0.39, 0.29) is 16.7 Å². The van der Waals surface area contributed by atoms with Crippen molar-refractivity contribution in [2.24, 2.45) is 5.73 Å². The summed E-state index contributed by atoms with van der Waals surface area (Å²) < 4.78 is 5.08. The number of anilines is 1. The minimum atomic E-state index is -0.381. The van der Waals surface area contributed by atoms with E-state index in [9.17, 15) is 10.1 Å². The first-order chi connectivity index (χ1) is 10.1. The molecule has 6 heteroatoms. The molecule has 0 aromatic heterocycles. The fourth-order valence-electron chi connectivity index (χ4n) is 3.83. The number of nitrogens with zero attached hydrogens (tertiary/aromatic N) is 2. The van der Waals surface area contributed by atoms with Crippen molar-refractivity contribution in [2.75, 3.05) is 12.0 Å². The summed E-state index contributed by atoms with van der Waals surface area (Å²) in [6.07, 6.45) is 5.39. The molecular weight excluding hydrogens is 270 g/mol. The molecule has 6 nitrogen and oxygen atoms in total. The lowest BCUT2D eigenvalue weighted by molar-refractivity contribution is -0.385. The second-order valence-electron chi connectivity index (χ2n) is 5.99. The maximum atomic E-state index is 11.2. The predicted molar refractivity (Wildman–Crippen MR) is 80.8 cm³/mol. The summed E-state index contributed by atoms with van der Waals surface area (Å²) in [7, 11) is 1.46. The van der Waals surface area contributed by atoms with E-state index < -0.39 is 0 Å². The van der Waals surface area contributed by atoms with Crippen LogP contribution < -0.4 is 15.4 Å². The molecule has 2 bridgehead atoms. The van der Waals surface area contributed by atoms with Crippen LogP contribution in [-0.2, 0) is 0 Å². The molecule has 2 aliphatic rings. The van der Waals surface area contributed by atoms with Gasteiger partial charge in [-0.1, -0.05) is 0 Å². The molecule has 0 amide bonds. The molecule has 1 aromatic carbocycles. The molecule has 2 unspecified atom stereocenters. The van der Waals surface area contributed by atoms with Crippen LogP contribution in [0.5, 0.6) is 5.75 Å². The van der Waals surface area contributed by atoms with Crippen LogP contribution in [0.1, 0.15) is 32.1 Å². The van der Waals surface area contributed by atoms with Gasteiger partial charge in [0.2, 0.25) is 0 Å². The van der Waals surface area contributed by atoms with Crippen LogP contribution >= 0.6 is 0 Å². The molecule has 2 N–H and O–H groups in total. The zero-order chi connectivity index (χ0) is 15.0. The Labute approximate surface area is 124 Å². The van der Waals surface area contributed by atoms with Gasteiger partial charge < -0.3 is 15.4 Å². The zero-order valence-corrected chi connectivity index (χ0v) is 12.2. The lowest BCUT2D eigenvalue weighted by Crippen LogP contribution is -2.55. The number of nitrogens with two attached hydrogens (primary N) is 1. The normalized spacial score (nSPS) is 28.3. The number of benzene rings is 1. The summed E-state index contributed by atoms with van der Waals surface area (Å²) in [6.45, 7) is 0. The first kappa shape index (κ1) is 14.1. The van der Waals surface area contributed by atoms with E-state index in [1.165, 1.54) is 13.5 Å². The SMILES string of the molecule is COc1ccc(N2C3CCCC2CC(N)C3)cc1[N+](=O)[O-].